The van der Waals surface area contributed by atoms with Gasteiger partial charge in [-0.3, -0.25) is 0 Å². The van der Waals surface area contributed by atoms with E-state index in [1.165, 1.54) is 6.92 Å². The van der Waals surface area contributed by atoms with Gasteiger partial charge in [-0.25, -0.2) is 4.79 Å². The minimum absolute atomic E-state index is 0.00104. The molecule has 1 aromatic carbocycles. The molecule has 0 aliphatic rings. The summed E-state index contributed by atoms with van der Waals surface area (Å²) in [5.41, 5.74) is -0.504. The Morgan fingerprint density at radius 3 is 2.39 bits per heavy atom. The summed E-state index contributed by atoms with van der Waals surface area (Å²) < 4.78 is 10.3. The lowest BCUT2D eigenvalue weighted by Gasteiger charge is -2.25. The Hall–Kier alpha value is -1.59. The molecule has 0 saturated carbocycles. The van der Waals surface area contributed by atoms with Gasteiger partial charge in [0.1, 0.15) is 5.75 Å². The molecule has 0 heterocycles. The highest BCUT2D eigenvalue weighted by Gasteiger charge is 2.34. The second kappa shape index (κ2) is 6.37. The van der Waals surface area contributed by atoms with Crippen molar-refractivity contribution in [3.63, 3.8) is 0 Å². The van der Waals surface area contributed by atoms with Crippen molar-refractivity contribution in [2.75, 3.05) is 20.3 Å². The molecule has 100 valence electrons. The minimum Gasteiger partial charge on any atom is -0.497 e. The van der Waals surface area contributed by atoms with E-state index in [1.54, 1.807) is 31.4 Å². The van der Waals surface area contributed by atoms with Crippen LogP contribution in [0.15, 0.2) is 24.3 Å². The molecule has 5 heteroatoms. The first-order valence-corrected chi connectivity index (χ1v) is 5.63. The number of aliphatic carboxylic acids is 1. The first-order valence-electron chi connectivity index (χ1n) is 5.63. The Bertz CT molecular complexity index is 387. The van der Waals surface area contributed by atoms with Gasteiger partial charge in [-0.15, -0.1) is 0 Å². The third-order valence-corrected chi connectivity index (χ3v) is 2.66. The van der Waals surface area contributed by atoms with Crippen LogP contribution >= 0.6 is 0 Å². The van der Waals surface area contributed by atoms with Gasteiger partial charge >= 0.3 is 5.97 Å². The van der Waals surface area contributed by atoms with E-state index < -0.39 is 11.6 Å². The molecular formula is C13H18O5. The zero-order valence-electron chi connectivity index (χ0n) is 10.5. The lowest BCUT2D eigenvalue weighted by atomic mass is 9.96. The number of carbonyl (C=O) groups is 1. The van der Waals surface area contributed by atoms with Crippen LogP contribution in [0.2, 0.25) is 0 Å². The molecule has 1 rings (SSSR count). The molecule has 1 atom stereocenters. The van der Waals surface area contributed by atoms with Crippen LogP contribution < -0.4 is 4.74 Å². The molecular weight excluding hydrogens is 236 g/mol. The van der Waals surface area contributed by atoms with Gasteiger partial charge in [0.05, 0.1) is 20.3 Å². The molecule has 2 N–H and O–H groups in total. The molecule has 0 saturated heterocycles. The quantitative estimate of drug-likeness (QED) is 0.761. The predicted octanol–water partition coefficient (Wildman–Crippen LogP) is 1.09. The van der Waals surface area contributed by atoms with Gasteiger partial charge in [0.2, 0.25) is 0 Å². The summed E-state index contributed by atoms with van der Waals surface area (Å²) in [6, 6.07) is 7.12. The number of hydrogen-bond acceptors (Lipinski definition) is 4. The third kappa shape index (κ3) is 3.72. The van der Waals surface area contributed by atoms with Crippen LogP contribution in [0.3, 0.4) is 0 Å². The summed E-state index contributed by atoms with van der Waals surface area (Å²) in [4.78, 5) is 11.2. The van der Waals surface area contributed by atoms with Gasteiger partial charge in [-0.05, 0) is 24.6 Å². The van der Waals surface area contributed by atoms with Gasteiger partial charge in [-0.2, -0.15) is 0 Å². The molecule has 5 nitrogen and oxygen atoms in total. The van der Waals surface area contributed by atoms with Crippen LogP contribution in [-0.4, -0.2) is 42.1 Å². The standard InChI is InChI=1S/C13H18O5/c1-13(12(15)16,18-8-7-14)9-10-3-5-11(17-2)6-4-10/h3-6,14H,7-9H2,1-2H3,(H,15,16). The number of aliphatic hydroxyl groups excluding tert-OH is 1. The summed E-state index contributed by atoms with van der Waals surface area (Å²) in [7, 11) is 1.57. The van der Waals surface area contributed by atoms with Crippen LogP contribution in [0, 0.1) is 0 Å². The van der Waals surface area contributed by atoms with E-state index in [-0.39, 0.29) is 19.6 Å². The van der Waals surface area contributed by atoms with Gasteiger partial charge in [0.25, 0.3) is 0 Å². The fraction of sp³-hybridized carbons (Fsp3) is 0.462. The van der Waals surface area contributed by atoms with Crippen molar-refractivity contribution in [1.82, 2.24) is 0 Å². The van der Waals surface area contributed by atoms with E-state index in [4.69, 9.17) is 14.6 Å². The Labute approximate surface area is 106 Å². The maximum Gasteiger partial charge on any atom is 0.336 e. The van der Waals surface area contributed by atoms with E-state index in [2.05, 4.69) is 0 Å². The molecule has 0 spiro atoms. The number of rotatable bonds is 7. The summed E-state index contributed by atoms with van der Waals surface area (Å²) >= 11 is 0. The lowest BCUT2D eigenvalue weighted by molar-refractivity contribution is -0.164. The average molecular weight is 254 g/mol. The summed E-state index contributed by atoms with van der Waals surface area (Å²) in [6.45, 7) is 1.29. The molecule has 0 aromatic heterocycles. The number of carboxylic acids is 1. The van der Waals surface area contributed by atoms with Crippen molar-refractivity contribution in [3.05, 3.63) is 29.8 Å². The van der Waals surface area contributed by atoms with Crippen molar-refractivity contribution in [3.8, 4) is 5.75 Å². The predicted molar refractivity (Wildman–Crippen MR) is 65.8 cm³/mol. The summed E-state index contributed by atoms with van der Waals surface area (Å²) in [5.74, 6) is -0.334. The number of hydrogen-bond donors (Lipinski definition) is 2. The zero-order valence-corrected chi connectivity index (χ0v) is 10.5. The first kappa shape index (κ1) is 14.5. The normalized spacial score (nSPS) is 13.9. The van der Waals surface area contributed by atoms with E-state index in [9.17, 15) is 9.90 Å². The van der Waals surface area contributed by atoms with Crippen LogP contribution in [0.1, 0.15) is 12.5 Å². The van der Waals surface area contributed by atoms with E-state index >= 15 is 0 Å². The molecule has 0 aliphatic heterocycles. The first-order chi connectivity index (χ1) is 8.51. The molecule has 0 radical (unpaired) electrons. The van der Waals surface area contributed by atoms with Crippen LogP contribution in [0.5, 0.6) is 5.75 Å². The van der Waals surface area contributed by atoms with Gasteiger partial charge in [0, 0.05) is 6.42 Å². The zero-order chi connectivity index (χ0) is 13.6. The molecule has 0 aliphatic carbocycles. The number of benzene rings is 1. The highest BCUT2D eigenvalue weighted by molar-refractivity contribution is 5.77. The molecule has 1 unspecified atom stereocenters. The minimum atomic E-state index is -1.34. The average Bonchev–Trinajstić information content (AvgIpc) is 2.37. The number of aliphatic hydroxyl groups is 1. The number of ether oxygens (including phenoxy) is 2. The maximum absolute atomic E-state index is 11.2. The second-order valence-corrected chi connectivity index (χ2v) is 4.13. The fourth-order valence-electron chi connectivity index (χ4n) is 1.59. The monoisotopic (exact) mass is 254 g/mol. The number of carboxylic acid groups (broad SMARTS) is 1. The highest BCUT2D eigenvalue weighted by atomic mass is 16.5. The van der Waals surface area contributed by atoms with E-state index in [0.717, 1.165) is 5.56 Å². The lowest BCUT2D eigenvalue weighted by Crippen LogP contribution is -2.41. The van der Waals surface area contributed by atoms with Crippen molar-refractivity contribution >= 4 is 5.97 Å². The summed E-state index contributed by atoms with van der Waals surface area (Å²) in [5, 5.41) is 17.9. The molecule has 0 fully saturated rings. The molecule has 0 amide bonds. The van der Waals surface area contributed by atoms with Gasteiger partial charge in [-0.1, -0.05) is 12.1 Å². The fourth-order valence-corrected chi connectivity index (χ4v) is 1.59. The summed E-state index contributed by atoms with van der Waals surface area (Å²) in [6.07, 6.45) is 0.228. The Morgan fingerprint density at radius 1 is 1.33 bits per heavy atom. The van der Waals surface area contributed by atoms with Gasteiger partial charge in [0.15, 0.2) is 5.60 Å². The molecule has 18 heavy (non-hydrogen) atoms. The Kier molecular flexibility index (Phi) is 5.12. The second-order valence-electron chi connectivity index (χ2n) is 4.13. The van der Waals surface area contributed by atoms with Crippen molar-refractivity contribution in [2.45, 2.75) is 18.9 Å². The van der Waals surface area contributed by atoms with Crippen molar-refractivity contribution in [2.24, 2.45) is 0 Å². The van der Waals surface area contributed by atoms with E-state index in [0.29, 0.717) is 5.75 Å². The van der Waals surface area contributed by atoms with Crippen molar-refractivity contribution < 1.29 is 24.5 Å². The third-order valence-electron chi connectivity index (χ3n) is 2.66. The molecule has 0 bridgehead atoms. The highest BCUT2D eigenvalue weighted by Crippen LogP contribution is 2.20. The Balaban J connectivity index is 2.79. The van der Waals surface area contributed by atoms with Crippen LogP contribution in [0.4, 0.5) is 0 Å². The largest absolute Gasteiger partial charge is 0.497 e. The van der Waals surface area contributed by atoms with Crippen LogP contribution in [0.25, 0.3) is 0 Å². The maximum atomic E-state index is 11.2. The van der Waals surface area contributed by atoms with Crippen molar-refractivity contribution in [1.29, 1.82) is 0 Å². The molecule has 1 aromatic rings. The number of methoxy groups -OCH3 is 1. The Morgan fingerprint density at radius 2 is 1.94 bits per heavy atom. The SMILES string of the molecule is COc1ccc(CC(C)(OCCO)C(=O)O)cc1. The topological polar surface area (TPSA) is 76.0 Å². The smallest absolute Gasteiger partial charge is 0.336 e. The van der Waals surface area contributed by atoms with Crippen LogP contribution in [-0.2, 0) is 16.0 Å². The van der Waals surface area contributed by atoms with Gasteiger partial charge < -0.3 is 19.7 Å². The van der Waals surface area contributed by atoms with E-state index in [1.807, 2.05) is 0 Å².